The summed E-state index contributed by atoms with van der Waals surface area (Å²) in [5.74, 6) is 0.0617. The number of hydrogen-bond acceptors (Lipinski definition) is 6. The van der Waals surface area contributed by atoms with Gasteiger partial charge in [0.1, 0.15) is 0 Å². The second kappa shape index (κ2) is 11.7. The third kappa shape index (κ3) is 6.24. The second-order valence-electron chi connectivity index (χ2n) is 11.7. The number of thioether (sulfide) groups is 2. The largest absolute Gasteiger partial charge is 0.421 e. The molecular weight excluding hydrogens is 537 g/mol. The van der Waals surface area contributed by atoms with Gasteiger partial charge in [0.15, 0.2) is 11.5 Å². The molecule has 40 heavy (non-hydrogen) atoms. The zero-order valence-electron chi connectivity index (χ0n) is 24.4. The molecule has 0 saturated carbocycles. The van der Waals surface area contributed by atoms with Crippen molar-refractivity contribution in [1.82, 2.24) is 0 Å². The molecule has 0 aliphatic rings. The number of rotatable bonds is 6. The summed E-state index contributed by atoms with van der Waals surface area (Å²) >= 11 is 2.91. The Labute approximate surface area is 245 Å². The number of ether oxygens (including phenoxy) is 2. The first-order valence-electron chi connectivity index (χ1n) is 13.2. The minimum atomic E-state index is -0.434. The van der Waals surface area contributed by atoms with Crippen molar-refractivity contribution < 1.29 is 19.1 Å². The van der Waals surface area contributed by atoms with E-state index in [0.717, 1.165) is 20.9 Å². The van der Waals surface area contributed by atoms with Crippen LogP contribution >= 0.6 is 23.5 Å². The fourth-order valence-corrected chi connectivity index (χ4v) is 6.15. The highest BCUT2D eigenvalue weighted by Gasteiger charge is 2.26. The SMILES string of the molecule is CSc1c(SC)c(OC(=O)c2ccc(C(C)(C)C)cc2)c2ccccc2c1OC(=O)c1ccc(C(C)(C)C)cc1. The molecule has 4 aromatic rings. The second-order valence-corrected chi connectivity index (χ2v) is 13.3. The lowest BCUT2D eigenvalue weighted by molar-refractivity contribution is 0.0715. The quantitative estimate of drug-likeness (QED) is 0.130. The number of fused-ring (bicyclic) bond motifs is 1. The van der Waals surface area contributed by atoms with Crippen LogP contribution in [0.4, 0.5) is 0 Å². The van der Waals surface area contributed by atoms with E-state index >= 15 is 0 Å². The Balaban J connectivity index is 1.74. The number of esters is 2. The molecule has 0 N–H and O–H groups in total. The average Bonchev–Trinajstić information content (AvgIpc) is 2.93. The molecule has 6 heteroatoms. The Bertz CT molecular complexity index is 1420. The highest BCUT2D eigenvalue weighted by molar-refractivity contribution is 8.01. The van der Waals surface area contributed by atoms with E-state index in [1.54, 1.807) is 24.3 Å². The summed E-state index contributed by atoms with van der Waals surface area (Å²) in [6, 6.07) is 22.6. The van der Waals surface area contributed by atoms with E-state index in [9.17, 15) is 9.59 Å². The molecule has 0 radical (unpaired) electrons. The Morgan fingerprint density at radius 1 is 0.550 bits per heavy atom. The molecule has 0 saturated heterocycles. The summed E-state index contributed by atoms with van der Waals surface area (Å²) in [6.07, 6.45) is 3.85. The molecule has 0 bridgehead atoms. The van der Waals surface area contributed by atoms with Crippen molar-refractivity contribution in [3.63, 3.8) is 0 Å². The van der Waals surface area contributed by atoms with Crippen molar-refractivity contribution in [3.05, 3.63) is 95.1 Å². The van der Waals surface area contributed by atoms with Crippen molar-refractivity contribution in [1.29, 1.82) is 0 Å². The van der Waals surface area contributed by atoms with Crippen LogP contribution in [0.3, 0.4) is 0 Å². The first kappa shape index (κ1) is 29.8. The lowest BCUT2D eigenvalue weighted by atomic mass is 9.87. The summed E-state index contributed by atoms with van der Waals surface area (Å²) in [6.45, 7) is 12.8. The van der Waals surface area contributed by atoms with E-state index in [1.807, 2.05) is 61.0 Å². The summed E-state index contributed by atoms with van der Waals surface area (Å²) < 4.78 is 12.2. The normalized spacial score (nSPS) is 11.9. The van der Waals surface area contributed by atoms with Gasteiger partial charge in [0, 0.05) is 10.8 Å². The molecule has 0 aliphatic carbocycles. The summed E-state index contributed by atoms with van der Waals surface area (Å²) in [7, 11) is 0. The molecule has 4 nitrogen and oxygen atoms in total. The van der Waals surface area contributed by atoms with Crippen molar-refractivity contribution in [3.8, 4) is 11.5 Å². The zero-order chi connectivity index (χ0) is 29.2. The van der Waals surface area contributed by atoms with Crippen molar-refractivity contribution >= 4 is 46.2 Å². The molecule has 4 aromatic carbocycles. The number of carbonyl (C=O) groups is 2. The highest BCUT2D eigenvalue weighted by Crippen LogP contribution is 2.49. The van der Waals surface area contributed by atoms with E-state index in [1.165, 1.54) is 23.5 Å². The minimum Gasteiger partial charge on any atom is -0.421 e. The van der Waals surface area contributed by atoms with Gasteiger partial charge in [0.05, 0.1) is 20.9 Å². The molecule has 0 amide bonds. The molecule has 0 heterocycles. The molecule has 0 unspecified atom stereocenters. The average molecular weight is 573 g/mol. The fraction of sp³-hybridized carbons (Fsp3) is 0.294. The van der Waals surface area contributed by atoms with Gasteiger partial charge in [-0.05, 0) is 58.7 Å². The predicted molar refractivity (Wildman–Crippen MR) is 168 cm³/mol. The first-order chi connectivity index (χ1) is 18.8. The molecule has 0 fully saturated rings. The maximum absolute atomic E-state index is 13.3. The van der Waals surface area contributed by atoms with Gasteiger partial charge < -0.3 is 9.47 Å². The van der Waals surface area contributed by atoms with Gasteiger partial charge in [0.2, 0.25) is 0 Å². The molecule has 0 atom stereocenters. The Hall–Kier alpha value is -3.22. The van der Waals surface area contributed by atoms with E-state index in [0.29, 0.717) is 33.4 Å². The Morgan fingerprint density at radius 3 is 1.15 bits per heavy atom. The molecular formula is C34H36O4S2. The van der Waals surface area contributed by atoms with Gasteiger partial charge in [-0.15, -0.1) is 23.5 Å². The Morgan fingerprint density at radius 2 is 0.875 bits per heavy atom. The van der Waals surface area contributed by atoms with Crippen LogP contribution in [0.25, 0.3) is 10.8 Å². The van der Waals surface area contributed by atoms with E-state index in [2.05, 4.69) is 41.5 Å². The van der Waals surface area contributed by atoms with Crippen LogP contribution in [0.5, 0.6) is 11.5 Å². The number of hydrogen-bond donors (Lipinski definition) is 0. The number of carbonyl (C=O) groups excluding carboxylic acids is 2. The zero-order valence-corrected chi connectivity index (χ0v) is 26.0. The molecule has 0 spiro atoms. The van der Waals surface area contributed by atoms with Gasteiger partial charge in [-0.2, -0.15) is 0 Å². The number of benzene rings is 4. The molecule has 0 aromatic heterocycles. The maximum atomic E-state index is 13.3. The van der Waals surface area contributed by atoms with Crippen LogP contribution in [0.15, 0.2) is 82.6 Å². The van der Waals surface area contributed by atoms with Crippen LogP contribution < -0.4 is 9.47 Å². The fourth-order valence-electron chi connectivity index (χ4n) is 4.42. The lowest BCUT2D eigenvalue weighted by Crippen LogP contribution is -2.14. The lowest BCUT2D eigenvalue weighted by Gasteiger charge is -2.21. The van der Waals surface area contributed by atoms with Gasteiger partial charge in [-0.3, -0.25) is 0 Å². The van der Waals surface area contributed by atoms with Crippen LogP contribution in [-0.4, -0.2) is 24.5 Å². The van der Waals surface area contributed by atoms with Crippen LogP contribution in [0.2, 0.25) is 0 Å². The summed E-state index contributed by atoms with van der Waals surface area (Å²) in [5, 5.41) is 1.41. The van der Waals surface area contributed by atoms with Crippen molar-refractivity contribution in [2.45, 2.75) is 62.2 Å². The molecule has 208 valence electrons. The van der Waals surface area contributed by atoms with E-state index < -0.39 is 11.9 Å². The third-order valence-electron chi connectivity index (χ3n) is 6.81. The Kier molecular flexibility index (Phi) is 8.72. The monoisotopic (exact) mass is 572 g/mol. The standard InChI is InChI=1S/C34H36O4S2/c1-33(2,3)23-17-13-21(14-18-23)31(35)37-27-25-11-9-10-12-26(25)28(30(40-8)29(27)39-7)38-32(36)22-15-19-24(20-16-22)34(4,5)6/h9-20H,1-8H3. The smallest absolute Gasteiger partial charge is 0.343 e. The van der Waals surface area contributed by atoms with E-state index in [4.69, 9.17) is 9.47 Å². The van der Waals surface area contributed by atoms with Gasteiger partial charge in [-0.25, -0.2) is 9.59 Å². The van der Waals surface area contributed by atoms with Crippen LogP contribution in [-0.2, 0) is 10.8 Å². The van der Waals surface area contributed by atoms with Gasteiger partial charge in [0.25, 0.3) is 0 Å². The van der Waals surface area contributed by atoms with Gasteiger partial charge >= 0.3 is 11.9 Å². The first-order valence-corrected chi connectivity index (χ1v) is 15.6. The topological polar surface area (TPSA) is 52.6 Å². The maximum Gasteiger partial charge on any atom is 0.343 e. The highest BCUT2D eigenvalue weighted by atomic mass is 32.2. The van der Waals surface area contributed by atoms with Crippen molar-refractivity contribution in [2.75, 3.05) is 12.5 Å². The van der Waals surface area contributed by atoms with Crippen molar-refractivity contribution in [2.24, 2.45) is 0 Å². The van der Waals surface area contributed by atoms with Crippen LogP contribution in [0, 0.1) is 0 Å². The van der Waals surface area contributed by atoms with Crippen LogP contribution in [0.1, 0.15) is 73.4 Å². The molecule has 0 aliphatic heterocycles. The predicted octanol–water partition coefficient (Wildman–Crippen LogP) is 9.32. The van der Waals surface area contributed by atoms with Gasteiger partial charge in [-0.1, -0.05) is 90.1 Å². The minimum absolute atomic E-state index is 0.0141. The molecule has 4 rings (SSSR count). The third-order valence-corrected chi connectivity index (χ3v) is 8.53. The summed E-state index contributed by atoms with van der Waals surface area (Å²) in [4.78, 5) is 28.1. The van der Waals surface area contributed by atoms with E-state index in [-0.39, 0.29) is 10.8 Å². The summed E-state index contributed by atoms with van der Waals surface area (Å²) in [5.41, 5.74) is 3.21.